The molecule has 0 radical (unpaired) electrons. The van der Waals surface area contributed by atoms with E-state index in [-0.39, 0.29) is 5.25 Å². The molecule has 0 aliphatic carbocycles. The Bertz CT molecular complexity index is 1070. The maximum Gasteiger partial charge on any atom is 0.161 e. The summed E-state index contributed by atoms with van der Waals surface area (Å²) in [5.74, 6) is 3.68. The fraction of sp³-hybridized carbons (Fsp3) is 0.357. The number of benzene rings is 3. The summed E-state index contributed by atoms with van der Waals surface area (Å²) in [6.07, 6.45) is 0.907. The second-order valence-electron chi connectivity index (χ2n) is 8.32. The Morgan fingerprint density at radius 1 is 0.765 bits per heavy atom. The molecule has 1 aliphatic rings. The van der Waals surface area contributed by atoms with Crippen molar-refractivity contribution in [2.45, 2.75) is 16.6 Å². The molecule has 180 valence electrons. The molecule has 1 fully saturated rings. The molecule has 34 heavy (non-hydrogen) atoms. The lowest BCUT2D eigenvalue weighted by Crippen LogP contribution is -2.21. The van der Waals surface area contributed by atoms with Crippen LogP contribution in [0.15, 0.2) is 71.6 Å². The number of hydrogen-bond donors (Lipinski definition) is 0. The first kappa shape index (κ1) is 24.3. The second-order valence-corrected chi connectivity index (χ2v) is 9.54. The third-order valence-electron chi connectivity index (χ3n) is 6.32. The minimum absolute atomic E-state index is 0.204. The Labute approximate surface area is 206 Å². The highest BCUT2D eigenvalue weighted by atomic mass is 32.2. The average molecular weight is 481 g/mol. The Morgan fingerprint density at radius 2 is 1.41 bits per heavy atom. The molecule has 5 nitrogen and oxygen atoms in total. The van der Waals surface area contributed by atoms with Crippen LogP contribution in [0.2, 0.25) is 0 Å². The molecule has 0 amide bonds. The lowest BCUT2D eigenvalue weighted by atomic mass is 9.85. The standard InChI is InChI=1S/C28H32O5S/c1-29-24-12-10-19(15-26(24)31-3)14-21-17-33-18-23(21)28(34-22-8-6-5-7-9-22)20-11-13-25(30-2)27(16-20)32-4/h5-13,15-16,21,23,28H,14,17-18H2,1-4H3/t21-,23-,28?/m0/s1. The second kappa shape index (κ2) is 11.5. The molecule has 0 bridgehead atoms. The van der Waals surface area contributed by atoms with Gasteiger partial charge in [0.25, 0.3) is 0 Å². The van der Waals surface area contributed by atoms with Crippen LogP contribution >= 0.6 is 11.8 Å². The summed E-state index contributed by atoms with van der Waals surface area (Å²) < 4.78 is 28.1. The van der Waals surface area contributed by atoms with Gasteiger partial charge in [-0.25, -0.2) is 0 Å². The molecule has 3 aromatic rings. The molecule has 0 N–H and O–H groups in total. The van der Waals surface area contributed by atoms with Crippen LogP contribution in [0.1, 0.15) is 16.4 Å². The van der Waals surface area contributed by atoms with Gasteiger partial charge in [0, 0.05) is 16.1 Å². The van der Waals surface area contributed by atoms with E-state index in [1.54, 1.807) is 28.4 Å². The van der Waals surface area contributed by atoms with Gasteiger partial charge in [0.2, 0.25) is 0 Å². The summed E-state index contributed by atoms with van der Waals surface area (Å²) >= 11 is 1.88. The van der Waals surface area contributed by atoms with E-state index >= 15 is 0 Å². The molecule has 4 rings (SSSR count). The van der Waals surface area contributed by atoms with Crippen LogP contribution in [0.25, 0.3) is 0 Å². The smallest absolute Gasteiger partial charge is 0.161 e. The summed E-state index contributed by atoms with van der Waals surface area (Å²) in [5.41, 5.74) is 2.42. The zero-order chi connectivity index (χ0) is 23.9. The average Bonchev–Trinajstić information content (AvgIpc) is 3.35. The van der Waals surface area contributed by atoms with Crippen LogP contribution in [0.5, 0.6) is 23.0 Å². The zero-order valence-corrected chi connectivity index (χ0v) is 21.0. The van der Waals surface area contributed by atoms with E-state index in [2.05, 4.69) is 48.5 Å². The van der Waals surface area contributed by atoms with Gasteiger partial charge in [0.05, 0.1) is 41.7 Å². The van der Waals surface area contributed by atoms with Gasteiger partial charge in [-0.1, -0.05) is 30.3 Å². The molecule has 0 saturated carbocycles. The van der Waals surface area contributed by atoms with E-state index in [0.29, 0.717) is 11.8 Å². The zero-order valence-electron chi connectivity index (χ0n) is 20.2. The molecule has 1 aliphatic heterocycles. The number of rotatable bonds is 10. The summed E-state index contributed by atoms with van der Waals surface area (Å²) in [5, 5.41) is 0.204. The van der Waals surface area contributed by atoms with E-state index in [9.17, 15) is 0 Å². The van der Waals surface area contributed by atoms with Crippen molar-refractivity contribution in [1.29, 1.82) is 0 Å². The van der Waals surface area contributed by atoms with Crippen molar-refractivity contribution >= 4 is 11.8 Å². The molecule has 1 unspecified atom stereocenters. The van der Waals surface area contributed by atoms with E-state index < -0.39 is 0 Å². The monoisotopic (exact) mass is 480 g/mol. The summed E-state index contributed by atoms with van der Waals surface area (Å²) in [6.45, 7) is 1.45. The molecule has 6 heteroatoms. The minimum Gasteiger partial charge on any atom is -0.493 e. The van der Waals surface area contributed by atoms with Crippen molar-refractivity contribution in [1.82, 2.24) is 0 Å². The Balaban J connectivity index is 1.65. The third kappa shape index (κ3) is 5.45. The van der Waals surface area contributed by atoms with Crippen LogP contribution in [-0.2, 0) is 11.2 Å². The first-order chi connectivity index (χ1) is 16.7. The lowest BCUT2D eigenvalue weighted by Gasteiger charge is -2.28. The van der Waals surface area contributed by atoms with Gasteiger partial charge in [0.1, 0.15) is 0 Å². The fourth-order valence-electron chi connectivity index (χ4n) is 4.55. The molecule has 3 atom stereocenters. The normalized spacial score (nSPS) is 18.4. The summed E-state index contributed by atoms with van der Waals surface area (Å²) in [6, 6.07) is 23.0. The number of methoxy groups -OCH3 is 4. The van der Waals surface area contributed by atoms with Crippen LogP contribution < -0.4 is 18.9 Å². The van der Waals surface area contributed by atoms with Crippen molar-refractivity contribution in [2.24, 2.45) is 11.8 Å². The largest absolute Gasteiger partial charge is 0.493 e. The van der Waals surface area contributed by atoms with Gasteiger partial charge in [-0.05, 0) is 59.9 Å². The molecule has 3 aromatic carbocycles. The fourth-order valence-corrected chi connectivity index (χ4v) is 5.91. The lowest BCUT2D eigenvalue weighted by molar-refractivity contribution is 0.180. The molecule has 0 aromatic heterocycles. The quantitative estimate of drug-likeness (QED) is 0.329. The maximum absolute atomic E-state index is 6.06. The van der Waals surface area contributed by atoms with E-state index in [1.165, 1.54) is 16.0 Å². The van der Waals surface area contributed by atoms with Crippen molar-refractivity contribution in [3.8, 4) is 23.0 Å². The minimum atomic E-state index is 0.204. The topological polar surface area (TPSA) is 46.2 Å². The molecule has 1 heterocycles. The molecule has 1 saturated heterocycles. The van der Waals surface area contributed by atoms with Gasteiger partial charge >= 0.3 is 0 Å². The maximum atomic E-state index is 6.06. The predicted molar refractivity (Wildman–Crippen MR) is 136 cm³/mol. The Kier molecular flexibility index (Phi) is 8.25. The highest BCUT2D eigenvalue weighted by molar-refractivity contribution is 7.99. The van der Waals surface area contributed by atoms with Gasteiger partial charge in [0.15, 0.2) is 23.0 Å². The van der Waals surface area contributed by atoms with E-state index in [0.717, 1.165) is 42.6 Å². The Morgan fingerprint density at radius 3 is 2.09 bits per heavy atom. The van der Waals surface area contributed by atoms with Crippen molar-refractivity contribution in [3.05, 3.63) is 77.9 Å². The first-order valence-corrected chi connectivity index (χ1v) is 12.3. The number of hydrogen-bond acceptors (Lipinski definition) is 6. The predicted octanol–water partition coefficient (Wildman–Crippen LogP) is 6.06. The highest BCUT2D eigenvalue weighted by Crippen LogP contribution is 2.48. The molecule has 0 spiro atoms. The molecular weight excluding hydrogens is 448 g/mol. The summed E-state index contributed by atoms with van der Waals surface area (Å²) in [4.78, 5) is 1.24. The molecular formula is C28H32O5S. The van der Waals surface area contributed by atoms with Gasteiger partial charge in [-0.15, -0.1) is 11.8 Å². The van der Waals surface area contributed by atoms with E-state index in [4.69, 9.17) is 23.7 Å². The van der Waals surface area contributed by atoms with Gasteiger partial charge in [-0.2, -0.15) is 0 Å². The summed E-state index contributed by atoms with van der Waals surface area (Å²) in [7, 11) is 6.68. The third-order valence-corrected chi connectivity index (χ3v) is 7.74. The van der Waals surface area contributed by atoms with Crippen molar-refractivity contribution in [2.75, 3.05) is 41.7 Å². The number of ether oxygens (including phenoxy) is 5. The SMILES string of the molecule is COc1ccc(C[C@H]2COC[C@@H]2C(Sc2ccccc2)c2ccc(OC)c(OC)c2)cc1OC. The number of thioether (sulfide) groups is 1. The first-order valence-electron chi connectivity index (χ1n) is 11.4. The van der Waals surface area contributed by atoms with Gasteiger partial charge < -0.3 is 23.7 Å². The van der Waals surface area contributed by atoms with Crippen LogP contribution in [0, 0.1) is 11.8 Å². The van der Waals surface area contributed by atoms with E-state index in [1.807, 2.05) is 30.0 Å². The van der Waals surface area contributed by atoms with Gasteiger partial charge in [-0.3, -0.25) is 0 Å². The highest BCUT2D eigenvalue weighted by Gasteiger charge is 2.36. The Hall–Kier alpha value is -2.83. The van der Waals surface area contributed by atoms with Crippen molar-refractivity contribution < 1.29 is 23.7 Å². The van der Waals surface area contributed by atoms with Crippen LogP contribution in [0.3, 0.4) is 0 Å². The van der Waals surface area contributed by atoms with Crippen LogP contribution in [-0.4, -0.2) is 41.7 Å². The van der Waals surface area contributed by atoms with Crippen molar-refractivity contribution in [3.63, 3.8) is 0 Å². The van der Waals surface area contributed by atoms with Crippen LogP contribution in [0.4, 0.5) is 0 Å².